The lowest BCUT2D eigenvalue weighted by atomic mass is 9.94. The van der Waals surface area contributed by atoms with Crippen molar-refractivity contribution in [2.75, 3.05) is 27.2 Å². The van der Waals surface area contributed by atoms with Crippen molar-refractivity contribution in [3.8, 4) is 5.75 Å². The van der Waals surface area contributed by atoms with E-state index in [0.717, 1.165) is 23.5 Å². The zero-order valence-electron chi connectivity index (χ0n) is 23.3. The van der Waals surface area contributed by atoms with E-state index >= 15 is 0 Å². The highest BCUT2D eigenvalue weighted by molar-refractivity contribution is 6.13. The maximum atomic E-state index is 13.7. The fraction of sp³-hybridized carbons (Fsp3) is 0.393. The highest BCUT2D eigenvalue weighted by Crippen LogP contribution is 2.39. The zero-order valence-corrected chi connectivity index (χ0v) is 23.3. The molecule has 1 aromatic carbocycles. The van der Waals surface area contributed by atoms with Gasteiger partial charge >= 0.3 is 18.2 Å². The van der Waals surface area contributed by atoms with Crippen molar-refractivity contribution in [2.24, 2.45) is 16.8 Å². The van der Waals surface area contributed by atoms with Gasteiger partial charge < -0.3 is 10.5 Å². The third-order valence-electron chi connectivity index (χ3n) is 7.34. The van der Waals surface area contributed by atoms with Gasteiger partial charge in [-0.1, -0.05) is 5.10 Å². The number of alkyl halides is 3. The summed E-state index contributed by atoms with van der Waals surface area (Å²) in [6, 6.07) is 4.76. The molecule has 1 aromatic rings. The Labute approximate surface area is 235 Å². The molecule has 4 rings (SSSR count). The molecule has 3 aliphatic rings. The summed E-state index contributed by atoms with van der Waals surface area (Å²) < 4.78 is 46.5. The monoisotopic (exact) mass is 574 g/mol. The Morgan fingerprint density at radius 3 is 2.27 bits per heavy atom. The molecule has 2 N–H and O–H groups in total. The zero-order chi connectivity index (χ0) is 30.1. The second-order valence-corrected chi connectivity index (χ2v) is 10.2. The molecule has 0 aromatic heterocycles. The summed E-state index contributed by atoms with van der Waals surface area (Å²) in [6.45, 7) is 4.45. The number of halogens is 3. The van der Waals surface area contributed by atoms with Crippen LogP contribution >= 0.6 is 0 Å². The average molecular weight is 575 g/mol. The number of rotatable bonds is 5. The molecule has 13 heteroatoms. The molecule has 0 bridgehead atoms. The van der Waals surface area contributed by atoms with Gasteiger partial charge in [0, 0.05) is 24.3 Å². The Hall–Kier alpha value is -4.26. The molecule has 218 valence electrons. The predicted octanol–water partition coefficient (Wildman–Crippen LogP) is 4.13. The Morgan fingerprint density at radius 2 is 1.76 bits per heavy atom. The second-order valence-electron chi connectivity index (χ2n) is 10.2. The van der Waals surface area contributed by atoms with E-state index in [2.05, 4.69) is 5.10 Å². The first-order chi connectivity index (χ1) is 19.3. The molecule has 10 nitrogen and oxygen atoms in total. The lowest BCUT2D eigenvalue weighted by Gasteiger charge is -2.29. The van der Waals surface area contributed by atoms with Gasteiger partial charge in [-0.2, -0.15) is 13.2 Å². The van der Waals surface area contributed by atoms with Gasteiger partial charge in [0.15, 0.2) is 11.4 Å². The quantitative estimate of drug-likeness (QED) is 0.421. The number of benzene rings is 1. The van der Waals surface area contributed by atoms with E-state index in [1.807, 2.05) is 0 Å². The minimum absolute atomic E-state index is 0.00623. The molecular weight excluding hydrogens is 541 g/mol. The minimum Gasteiger partial charge on any atom is -0.497 e. The molecule has 1 saturated heterocycles. The fourth-order valence-electron chi connectivity index (χ4n) is 4.80. The number of ether oxygens (including phenoxy) is 1. The molecule has 2 aliphatic heterocycles. The lowest BCUT2D eigenvalue weighted by molar-refractivity contribution is -0.347. The van der Waals surface area contributed by atoms with Gasteiger partial charge in [-0.25, -0.2) is 9.59 Å². The van der Waals surface area contributed by atoms with E-state index in [0.29, 0.717) is 24.5 Å². The molecule has 2 heterocycles. The molecule has 0 saturated carbocycles. The van der Waals surface area contributed by atoms with Crippen LogP contribution in [0.3, 0.4) is 0 Å². The van der Waals surface area contributed by atoms with Crippen molar-refractivity contribution in [3.63, 3.8) is 0 Å². The van der Waals surface area contributed by atoms with Crippen LogP contribution in [0.1, 0.15) is 26.7 Å². The van der Waals surface area contributed by atoms with Crippen LogP contribution in [0.4, 0.5) is 28.4 Å². The number of nitrogens with zero attached hydrogens (tertiary/aromatic N) is 5. The summed E-state index contributed by atoms with van der Waals surface area (Å²) in [6.07, 6.45) is 3.10. The Bertz CT molecular complexity index is 1370. The summed E-state index contributed by atoms with van der Waals surface area (Å²) in [7, 11) is 3.00. The molecule has 2 unspecified atom stereocenters. The third-order valence-corrected chi connectivity index (χ3v) is 7.34. The third kappa shape index (κ3) is 5.67. The highest BCUT2D eigenvalue weighted by Gasteiger charge is 2.48. The molecule has 5 amide bonds. The van der Waals surface area contributed by atoms with Crippen LogP contribution in [0, 0.1) is 5.92 Å². The number of carbonyl (C=O) groups excluding carboxylic acids is 3. The fourth-order valence-corrected chi connectivity index (χ4v) is 4.80. The van der Waals surface area contributed by atoms with Gasteiger partial charge in [0.1, 0.15) is 23.6 Å². The standard InChI is InChI=1S/C28H32F3N6O4/c1-18(2)34(3)26(39)36(27(40)35-14-5-6-15-35)23-12-9-20(17-22(23)25(32)38)37(16-13-24(33-37)28(29,30)31)19-7-10-21(41-4)11-8-19/h7-13,16-18,22H,5-6,14-15H2,1-4H3,(H-,32,38)/q+1/p+1. The first kappa shape index (κ1) is 29.7. The Morgan fingerprint density at radius 1 is 1.12 bits per heavy atom. The number of imide groups is 1. The molecule has 1 fully saturated rings. The van der Waals surface area contributed by atoms with Gasteiger partial charge in [-0.05, 0) is 51.0 Å². The van der Waals surface area contributed by atoms with Crippen molar-refractivity contribution in [1.82, 2.24) is 14.4 Å². The number of likely N-dealkylation sites (tertiary alicyclic amines) is 1. The number of primary amides is 1. The van der Waals surface area contributed by atoms with Crippen molar-refractivity contribution < 1.29 is 36.9 Å². The number of carbonyl (C=O) groups is 3. The number of nitrogens with two attached hydrogens (primary N) is 1. The maximum Gasteiger partial charge on any atom is 0.446 e. The van der Waals surface area contributed by atoms with Gasteiger partial charge in [0.05, 0.1) is 33.3 Å². The summed E-state index contributed by atoms with van der Waals surface area (Å²) in [5.74, 6) is -1.73. The first-order valence-electron chi connectivity index (χ1n) is 13.1. The lowest BCUT2D eigenvalue weighted by Crippen LogP contribution is -2.51. The first-order valence-corrected chi connectivity index (χ1v) is 13.1. The number of hydrogen-bond donors (Lipinski definition) is 1. The molecule has 2 atom stereocenters. The smallest absolute Gasteiger partial charge is 0.446 e. The molecular formula is C28H33F3N6O4+2. The van der Waals surface area contributed by atoms with E-state index in [-0.39, 0.29) is 17.5 Å². The van der Waals surface area contributed by atoms with Gasteiger partial charge in [-0.15, -0.1) is 9.17 Å². The largest absolute Gasteiger partial charge is 0.497 e. The predicted molar refractivity (Wildman–Crippen MR) is 147 cm³/mol. The van der Waals surface area contributed by atoms with E-state index in [1.54, 1.807) is 38.1 Å². The topological polar surface area (TPSA) is 108 Å². The van der Waals surface area contributed by atoms with E-state index < -0.39 is 40.4 Å². The van der Waals surface area contributed by atoms with Crippen LogP contribution in [0.5, 0.6) is 5.75 Å². The van der Waals surface area contributed by atoms with Crippen LogP contribution in [-0.2, 0) is 4.79 Å². The summed E-state index contributed by atoms with van der Waals surface area (Å²) in [5.41, 5.74) is 5.17. The van der Waals surface area contributed by atoms with Crippen LogP contribution in [0.15, 0.2) is 65.6 Å². The average Bonchev–Trinajstić information content (AvgIpc) is 3.64. The van der Waals surface area contributed by atoms with Crippen molar-refractivity contribution in [3.05, 3.63) is 60.5 Å². The minimum atomic E-state index is -4.73. The summed E-state index contributed by atoms with van der Waals surface area (Å²) in [4.78, 5) is 42.9. The number of methoxy groups -OCH3 is 1. The number of quaternary nitrogens is 1. The van der Waals surface area contributed by atoms with Gasteiger partial charge in [0.2, 0.25) is 11.6 Å². The van der Waals surface area contributed by atoms with E-state index in [9.17, 15) is 27.6 Å². The van der Waals surface area contributed by atoms with Crippen molar-refractivity contribution in [1.29, 1.82) is 0 Å². The van der Waals surface area contributed by atoms with Crippen LogP contribution in [0.25, 0.3) is 0 Å². The molecule has 41 heavy (non-hydrogen) atoms. The van der Waals surface area contributed by atoms with E-state index in [4.69, 9.17) is 10.5 Å². The number of allylic oxidation sites excluding steroid dienone is 3. The van der Waals surface area contributed by atoms with Gasteiger partial charge in [0.25, 0.3) is 0 Å². The number of amides is 5. The van der Waals surface area contributed by atoms with E-state index in [1.165, 1.54) is 48.4 Å². The van der Waals surface area contributed by atoms with Crippen LogP contribution < -0.4 is 15.1 Å². The molecule has 1 aliphatic carbocycles. The maximum absolute atomic E-state index is 13.7. The normalized spacial score (nSPS) is 23.4. The van der Waals surface area contributed by atoms with Crippen molar-refractivity contribution in [2.45, 2.75) is 38.9 Å². The molecule has 0 radical (unpaired) electrons. The number of urea groups is 2. The Balaban J connectivity index is 1.90. The Kier molecular flexibility index (Phi) is 8.20. The molecule has 0 spiro atoms. The second kappa shape index (κ2) is 11.3. The van der Waals surface area contributed by atoms with Gasteiger partial charge in [-0.3, -0.25) is 14.6 Å². The van der Waals surface area contributed by atoms with Crippen LogP contribution in [-0.4, -0.2) is 83.2 Å². The van der Waals surface area contributed by atoms with Crippen molar-refractivity contribution >= 4 is 35.1 Å². The summed E-state index contributed by atoms with van der Waals surface area (Å²) >= 11 is 0. The summed E-state index contributed by atoms with van der Waals surface area (Å²) in [5, 5.41) is 4.02. The number of hydrogen-bond acceptors (Lipinski definition) is 5. The highest BCUT2D eigenvalue weighted by atomic mass is 19.4. The van der Waals surface area contributed by atoms with Crippen LogP contribution in [0.2, 0.25) is 0 Å². The SMILES string of the molecule is COc1ccc([N+]2(C3=CC(C(N)=O)C(=[N+](C(=O)N4CCCC4)C(=O)N(C)C(C)C)C=C3)C=CC(C(F)(F)F)=N2)cc1.